The molecule has 0 radical (unpaired) electrons. The van der Waals surface area contributed by atoms with Crippen molar-refractivity contribution in [2.75, 3.05) is 9.80 Å². The summed E-state index contributed by atoms with van der Waals surface area (Å²) in [4.78, 5) is 5.38. The van der Waals surface area contributed by atoms with Gasteiger partial charge in [-0.05, 0) is 155 Å². The summed E-state index contributed by atoms with van der Waals surface area (Å²) in [6.45, 7) is 33.5. The normalized spacial score (nSPS) is 15.7. The number of anilines is 6. The van der Waals surface area contributed by atoms with Crippen LogP contribution in [0.1, 0.15) is 155 Å². The highest BCUT2D eigenvalue weighted by molar-refractivity contribution is 7.00. The number of nitrogens with zero attached hydrogens (tertiary/aromatic N) is 2. The highest BCUT2D eigenvalue weighted by Gasteiger charge is 2.48. The molecule has 0 atom stereocenters. The molecule has 1 aliphatic carbocycles. The lowest BCUT2D eigenvalue weighted by Crippen LogP contribution is -2.62. The van der Waals surface area contributed by atoms with Crippen LogP contribution in [0.15, 0.2) is 170 Å². The zero-order chi connectivity index (χ0) is 51.6. The van der Waals surface area contributed by atoms with E-state index in [0.717, 1.165) is 12.8 Å². The Morgan fingerprint density at radius 1 is 0.438 bits per heavy atom. The van der Waals surface area contributed by atoms with E-state index in [2.05, 4.69) is 277 Å². The molecule has 0 spiro atoms. The molecule has 8 aromatic carbocycles. The first-order chi connectivity index (χ1) is 34.5. The number of rotatable bonds is 7. The van der Waals surface area contributed by atoms with Crippen LogP contribution >= 0.6 is 0 Å². The molecular weight excluding hydrogens is 880 g/mol. The Hall–Kier alpha value is -6.58. The lowest BCUT2D eigenvalue weighted by atomic mass is 9.32. The Morgan fingerprint density at radius 2 is 0.918 bits per heavy atom. The third-order valence-electron chi connectivity index (χ3n) is 17.3. The minimum absolute atomic E-state index is 0.00353. The Bertz CT molecular complexity index is 3340. The Kier molecular flexibility index (Phi) is 11.5. The van der Waals surface area contributed by atoms with E-state index < -0.39 is 0 Å². The summed E-state index contributed by atoms with van der Waals surface area (Å²) in [5.74, 6) is 0.275. The van der Waals surface area contributed by atoms with Crippen LogP contribution in [0.4, 0.5) is 34.1 Å². The minimum atomic E-state index is -0.241. The molecule has 8 aromatic rings. The minimum Gasteiger partial charge on any atom is -0.311 e. The van der Waals surface area contributed by atoms with E-state index in [-0.39, 0.29) is 39.7 Å². The molecule has 0 saturated carbocycles. The fourth-order valence-corrected chi connectivity index (χ4v) is 12.4. The molecule has 0 aromatic heterocycles. The molecule has 368 valence electrons. The predicted octanol–water partition coefficient (Wildman–Crippen LogP) is 17.5. The smallest absolute Gasteiger partial charge is 0.252 e. The van der Waals surface area contributed by atoms with Crippen molar-refractivity contribution in [3.05, 3.63) is 209 Å². The second-order valence-corrected chi connectivity index (χ2v) is 25.9. The van der Waals surface area contributed by atoms with Gasteiger partial charge in [-0.2, -0.15) is 0 Å². The lowest BCUT2D eigenvalue weighted by Gasteiger charge is -2.48. The van der Waals surface area contributed by atoms with Crippen LogP contribution in [-0.2, 0) is 27.1 Å². The maximum atomic E-state index is 2.76. The van der Waals surface area contributed by atoms with Crippen molar-refractivity contribution in [2.45, 2.75) is 143 Å². The SMILES string of the molecule is CC(C)c1cc2c3c(c1)N(c1c(-c4ccccc4)cc(C(C)(C)C)cc1-c1ccccc1)c1cc4c(cc1B3c1cc(C(C)(C)c3ccccc3)ccc1N2c1ccc(C(C)(C)C)cc1)C(C)(C)CCC4(C)C. The van der Waals surface area contributed by atoms with E-state index in [1.165, 1.54) is 112 Å². The van der Waals surface area contributed by atoms with Crippen LogP contribution in [-0.4, -0.2) is 6.71 Å². The van der Waals surface area contributed by atoms with Gasteiger partial charge in [-0.1, -0.05) is 218 Å². The summed E-state index contributed by atoms with van der Waals surface area (Å²) in [5, 5.41) is 0. The van der Waals surface area contributed by atoms with Crippen molar-refractivity contribution in [2.24, 2.45) is 0 Å². The van der Waals surface area contributed by atoms with Gasteiger partial charge < -0.3 is 9.80 Å². The monoisotopic (exact) mass is 955 g/mol. The number of fused-ring (bicyclic) bond motifs is 5. The maximum absolute atomic E-state index is 2.76. The average molecular weight is 955 g/mol. The zero-order valence-electron chi connectivity index (χ0n) is 46.1. The summed E-state index contributed by atoms with van der Waals surface area (Å²) < 4.78 is 0. The van der Waals surface area contributed by atoms with Gasteiger partial charge in [0.15, 0.2) is 0 Å². The molecule has 2 aliphatic heterocycles. The largest absolute Gasteiger partial charge is 0.311 e. The van der Waals surface area contributed by atoms with Gasteiger partial charge in [0.1, 0.15) is 0 Å². The molecule has 0 fully saturated rings. The molecule has 2 heterocycles. The van der Waals surface area contributed by atoms with Crippen molar-refractivity contribution >= 4 is 57.2 Å². The van der Waals surface area contributed by atoms with Crippen molar-refractivity contribution < 1.29 is 0 Å². The van der Waals surface area contributed by atoms with Gasteiger partial charge in [0.2, 0.25) is 0 Å². The maximum Gasteiger partial charge on any atom is 0.252 e. The zero-order valence-corrected chi connectivity index (χ0v) is 46.1. The Morgan fingerprint density at radius 3 is 1.44 bits per heavy atom. The summed E-state index contributed by atoms with van der Waals surface area (Å²) in [7, 11) is 0. The number of hydrogen-bond donors (Lipinski definition) is 0. The quantitative estimate of drug-likeness (QED) is 0.147. The highest BCUT2D eigenvalue weighted by atomic mass is 15.2. The molecular formula is C70H75BN2. The molecule has 0 unspecified atom stereocenters. The molecule has 2 nitrogen and oxygen atoms in total. The number of hydrogen-bond acceptors (Lipinski definition) is 2. The van der Waals surface area contributed by atoms with Crippen molar-refractivity contribution in [3.8, 4) is 22.3 Å². The fraction of sp³-hybridized carbons (Fsp3) is 0.314. The second-order valence-electron chi connectivity index (χ2n) is 25.9. The van der Waals surface area contributed by atoms with Gasteiger partial charge in [0, 0.05) is 45.0 Å². The van der Waals surface area contributed by atoms with Crippen molar-refractivity contribution in [1.82, 2.24) is 0 Å². The van der Waals surface area contributed by atoms with Gasteiger partial charge >= 0.3 is 0 Å². The van der Waals surface area contributed by atoms with Crippen molar-refractivity contribution in [1.29, 1.82) is 0 Å². The van der Waals surface area contributed by atoms with E-state index in [0.29, 0.717) is 0 Å². The van der Waals surface area contributed by atoms with Gasteiger partial charge in [0.05, 0.1) is 5.69 Å². The average Bonchev–Trinajstić information content (AvgIpc) is 3.37. The van der Waals surface area contributed by atoms with Crippen LogP contribution in [0, 0.1) is 0 Å². The molecule has 3 heteroatoms. The van der Waals surface area contributed by atoms with Gasteiger partial charge in [-0.3, -0.25) is 0 Å². The van der Waals surface area contributed by atoms with Gasteiger partial charge in [-0.25, -0.2) is 0 Å². The van der Waals surface area contributed by atoms with E-state index in [9.17, 15) is 0 Å². The van der Waals surface area contributed by atoms with E-state index in [4.69, 9.17) is 0 Å². The van der Waals surface area contributed by atoms with Crippen LogP contribution in [0.5, 0.6) is 0 Å². The third-order valence-corrected chi connectivity index (χ3v) is 17.3. The molecule has 0 bridgehead atoms. The first-order valence-electron chi connectivity index (χ1n) is 27.1. The molecule has 0 N–H and O–H groups in total. The van der Waals surface area contributed by atoms with Gasteiger partial charge in [0.25, 0.3) is 6.71 Å². The molecule has 11 rings (SSSR count). The second kappa shape index (κ2) is 17.3. The fourth-order valence-electron chi connectivity index (χ4n) is 12.4. The standard InChI is InChI=1S/C70H75BN2/c1-45(2)48-38-62-64-63(39-48)73(65-54(46-24-18-15-19-25-46)40-52(67(6,7)8)41-55(65)47-26-20-16-21-27-47)61-44-57-56(68(9,10)36-37-69(57,11)12)43-59(61)71(64)58-42-51(70(13,14)50-28-22-17-23-29-50)32-35-60(58)72(62)53-33-30-49(31-34-53)66(3,4)5/h15-35,38-45H,36-37H2,1-14H3. The predicted molar refractivity (Wildman–Crippen MR) is 317 cm³/mol. The van der Waals surface area contributed by atoms with Crippen molar-refractivity contribution in [3.63, 3.8) is 0 Å². The summed E-state index contributed by atoms with van der Waals surface area (Å²) in [5.41, 5.74) is 25.8. The van der Waals surface area contributed by atoms with Crippen LogP contribution in [0.3, 0.4) is 0 Å². The topological polar surface area (TPSA) is 6.48 Å². The van der Waals surface area contributed by atoms with E-state index >= 15 is 0 Å². The summed E-state index contributed by atoms with van der Waals surface area (Å²) in [6, 6.07) is 66.0. The molecule has 0 amide bonds. The Labute approximate surface area is 438 Å². The van der Waals surface area contributed by atoms with Crippen LogP contribution in [0.25, 0.3) is 22.3 Å². The molecule has 3 aliphatic rings. The molecule has 73 heavy (non-hydrogen) atoms. The van der Waals surface area contributed by atoms with Gasteiger partial charge in [-0.15, -0.1) is 0 Å². The Balaban J connectivity index is 1.33. The third kappa shape index (κ3) is 8.18. The summed E-state index contributed by atoms with van der Waals surface area (Å²) in [6.07, 6.45) is 2.29. The first-order valence-corrected chi connectivity index (χ1v) is 27.1. The van der Waals surface area contributed by atoms with E-state index in [1.807, 2.05) is 0 Å². The highest BCUT2D eigenvalue weighted by Crippen LogP contribution is 2.54. The van der Waals surface area contributed by atoms with Crippen LogP contribution in [0.2, 0.25) is 0 Å². The first kappa shape index (κ1) is 48.7. The van der Waals surface area contributed by atoms with Crippen LogP contribution < -0.4 is 26.2 Å². The lowest BCUT2D eigenvalue weighted by molar-refractivity contribution is 0.332. The summed E-state index contributed by atoms with van der Waals surface area (Å²) >= 11 is 0. The number of benzene rings is 8. The molecule has 0 saturated heterocycles. The van der Waals surface area contributed by atoms with E-state index in [1.54, 1.807) is 0 Å².